The number of nitrogens with zero attached hydrogens (tertiary/aromatic N) is 4. The normalized spacial score (nSPS) is 18.2. The summed E-state index contributed by atoms with van der Waals surface area (Å²) in [6, 6.07) is 6.95. The van der Waals surface area contributed by atoms with Crippen LogP contribution in [0.5, 0.6) is 0 Å². The number of halogens is 1. The number of carbonyl (C=O) groups excluding carboxylic acids is 1. The van der Waals surface area contributed by atoms with Crippen molar-refractivity contribution in [2.45, 2.75) is 38.3 Å². The van der Waals surface area contributed by atoms with E-state index in [4.69, 9.17) is 11.6 Å². The average molecular weight is 319 g/mol. The summed E-state index contributed by atoms with van der Waals surface area (Å²) in [6.45, 7) is 0.315. The highest BCUT2D eigenvalue weighted by Crippen LogP contribution is 2.31. The summed E-state index contributed by atoms with van der Waals surface area (Å²) < 4.78 is 2.99. The molecule has 6 nitrogen and oxygen atoms in total. The predicted molar refractivity (Wildman–Crippen MR) is 82.4 cm³/mol. The number of carbonyl (C=O) groups is 1. The molecular formula is C15H15ClN4O2. The Hall–Kier alpha value is -2.08. The van der Waals surface area contributed by atoms with Gasteiger partial charge in [-0.05, 0) is 37.1 Å². The Morgan fingerprint density at radius 3 is 2.45 bits per heavy atom. The molecule has 7 heteroatoms. The number of rotatable bonds is 2. The summed E-state index contributed by atoms with van der Waals surface area (Å²) in [5.74, 6) is 0.511. The smallest absolute Gasteiger partial charge is 0.285 e. The van der Waals surface area contributed by atoms with Crippen LogP contribution in [0, 0.1) is 0 Å². The molecule has 2 aliphatic rings. The van der Waals surface area contributed by atoms with E-state index >= 15 is 0 Å². The first-order valence-electron chi connectivity index (χ1n) is 7.43. The van der Waals surface area contributed by atoms with Gasteiger partial charge in [-0.2, -0.15) is 9.67 Å². The zero-order valence-corrected chi connectivity index (χ0v) is 12.7. The van der Waals surface area contributed by atoms with Gasteiger partial charge >= 0.3 is 11.7 Å². The first-order valence-corrected chi connectivity index (χ1v) is 7.81. The van der Waals surface area contributed by atoms with Crippen LogP contribution in [0.3, 0.4) is 0 Å². The number of hydrogen-bond donors (Lipinski definition) is 0. The first-order chi connectivity index (χ1) is 10.6. The minimum atomic E-state index is -0.314. The van der Waals surface area contributed by atoms with E-state index in [1.807, 2.05) is 0 Å². The molecule has 22 heavy (non-hydrogen) atoms. The summed E-state index contributed by atoms with van der Waals surface area (Å²) in [6.07, 6.45) is 4.04. The molecule has 0 unspecified atom stereocenters. The van der Waals surface area contributed by atoms with Gasteiger partial charge in [0.1, 0.15) is 0 Å². The topological polar surface area (TPSA) is 60.1 Å². The molecule has 0 saturated heterocycles. The minimum Gasteiger partial charge on any atom is -0.285 e. The zero-order chi connectivity index (χ0) is 15.3. The lowest BCUT2D eigenvalue weighted by atomic mass is 10.3. The summed E-state index contributed by atoms with van der Waals surface area (Å²) in [7, 11) is 0. The number of fused-ring (bicyclic) bond motifs is 1. The summed E-state index contributed by atoms with van der Waals surface area (Å²) >= 11 is 5.89. The van der Waals surface area contributed by atoms with Gasteiger partial charge in [0, 0.05) is 10.7 Å². The molecular weight excluding hydrogens is 304 g/mol. The molecule has 4 rings (SSSR count). The van der Waals surface area contributed by atoms with Crippen LogP contribution in [0.2, 0.25) is 5.02 Å². The maximum absolute atomic E-state index is 12.7. The molecule has 1 fully saturated rings. The van der Waals surface area contributed by atoms with Crippen molar-refractivity contribution >= 4 is 23.3 Å². The Morgan fingerprint density at radius 2 is 1.77 bits per heavy atom. The number of amides is 1. The van der Waals surface area contributed by atoms with Gasteiger partial charge in [0.15, 0.2) is 5.82 Å². The van der Waals surface area contributed by atoms with Gasteiger partial charge in [-0.15, -0.1) is 0 Å². The largest absolute Gasteiger partial charge is 0.364 e. The third-order valence-corrected chi connectivity index (χ3v) is 4.65. The number of aromatic nitrogens is 3. The van der Waals surface area contributed by atoms with Gasteiger partial charge in [0.25, 0.3) is 0 Å². The fourth-order valence-corrected chi connectivity index (χ4v) is 3.46. The van der Waals surface area contributed by atoms with Crippen LogP contribution < -0.4 is 10.6 Å². The predicted octanol–water partition coefficient (Wildman–Crippen LogP) is 2.80. The van der Waals surface area contributed by atoms with Crippen molar-refractivity contribution in [1.29, 1.82) is 0 Å². The van der Waals surface area contributed by atoms with E-state index < -0.39 is 0 Å². The second kappa shape index (κ2) is 4.98. The van der Waals surface area contributed by atoms with E-state index in [0.717, 1.165) is 31.4 Å². The second-order valence-corrected chi connectivity index (χ2v) is 6.19. The molecule has 0 atom stereocenters. The Balaban J connectivity index is 1.73. The first kappa shape index (κ1) is 13.6. The van der Waals surface area contributed by atoms with Gasteiger partial charge < -0.3 is 0 Å². The zero-order valence-electron chi connectivity index (χ0n) is 11.9. The van der Waals surface area contributed by atoms with Gasteiger partial charge in [-0.1, -0.05) is 24.4 Å². The number of hydrogen-bond acceptors (Lipinski definition) is 3. The van der Waals surface area contributed by atoms with E-state index in [1.54, 1.807) is 33.8 Å². The van der Waals surface area contributed by atoms with Crippen molar-refractivity contribution in [2.75, 3.05) is 4.90 Å². The van der Waals surface area contributed by atoms with Crippen molar-refractivity contribution in [2.24, 2.45) is 0 Å². The SMILES string of the molecule is O=C1N(c2ccc(Cl)cc2)Cc2nc(=O)n(C3CCCC3)n21. The lowest BCUT2D eigenvalue weighted by molar-refractivity contribution is 0.240. The maximum atomic E-state index is 12.7. The third-order valence-electron chi connectivity index (χ3n) is 4.40. The van der Waals surface area contributed by atoms with Crippen LogP contribution >= 0.6 is 11.6 Å². The monoisotopic (exact) mass is 318 g/mol. The Kier molecular flexibility index (Phi) is 3.07. The van der Waals surface area contributed by atoms with Crippen molar-refractivity contribution in [1.82, 2.24) is 14.3 Å². The van der Waals surface area contributed by atoms with Crippen molar-refractivity contribution < 1.29 is 4.79 Å². The van der Waals surface area contributed by atoms with Crippen LogP contribution in [0.4, 0.5) is 10.5 Å². The van der Waals surface area contributed by atoms with E-state index in [9.17, 15) is 9.59 Å². The van der Waals surface area contributed by atoms with E-state index in [1.165, 1.54) is 4.68 Å². The number of benzene rings is 1. The maximum Gasteiger partial charge on any atom is 0.364 e. The summed E-state index contributed by atoms with van der Waals surface area (Å²) in [5, 5.41) is 0.621. The van der Waals surface area contributed by atoms with Crippen molar-refractivity contribution in [3.8, 4) is 0 Å². The fraction of sp³-hybridized carbons (Fsp3) is 0.400. The third kappa shape index (κ3) is 1.98. The molecule has 0 radical (unpaired) electrons. The summed E-state index contributed by atoms with van der Waals surface area (Å²) in [5.41, 5.74) is 0.441. The Morgan fingerprint density at radius 1 is 1.09 bits per heavy atom. The molecule has 0 N–H and O–H groups in total. The molecule has 114 valence electrons. The van der Waals surface area contributed by atoms with Gasteiger partial charge in [-0.25, -0.2) is 14.3 Å². The Labute approximate surface area is 131 Å². The highest BCUT2D eigenvalue weighted by atomic mass is 35.5. The number of anilines is 1. The van der Waals surface area contributed by atoms with Gasteiger partial charge in [0.2, 0.25) is 0 Å². The molecule has 1 aromatic heterocycles. The molecule has 1 aliphatic heterocycles. The molecule has 1 saturated carbocycles. The van der Waals surface area contributed by atoms with E-state index in [-0.39, 0.29) is 17.8 Å². The van der Waals surface area contributed by atoms with E-state index in [0.29, 0.717) is 17.4 Å². The van der Waals surface area contributed by atoms with Crippen molar-refractivity contribution in [3.63, 3.8) is 0 Å². The lowest BCUT2D eigenvalue weighted by Crippen LogP contribution is -2.35. The Bertz CT molecular complexity index is 787. The molecule has 1 aromatic carbocycles. The molecule has 2 aromatic rings. The van der Waals surface area contributed by atoms with Crippen LogP contribution in [-0.2, 0) is 6.54 Å². The lowest BCUT2D eigenvalue weighted by Gasteiger charge is -2.17. The highest BCUT2D eigenvalue weighted by molar-refractivity contribution is 6.30. The van der Waals surface area contributed by atoms with Gasteiger partial charge in [-0.3, -0.25) is 4.90 Å². The minimum absolute atomic E-state index is 0.0860. The molecule has 2 heterocycles. The van der Waals surface area contributed by atoms with Crippen LogP contribution in [0.15, 0.2) is 29.1 Å². The van der Waals surface area contributed by atoms with Crippen LogP contribution in [0.25, 0.3) is 0 Å². The van der Waals surface area contributed by atoms with Crippen LogP contribution in [-0.4, -0.2) is 20.4 Å². The highest BCUT2D eigenvalue weighted by Gasteiger charge is 2.35. The summed E-state index contributed by atoms with van der Waals surface area (Å²) in [4.78, 5) is 30.5. The van der Waals surface area contributed by atoms with Gasteiger partial charge in [0.05, 0.1) is 12.6 Å². The average Bonchev–Trinajstić information content (AvgIpc) is 3.18. The molecule has 0 bridgehead atoms. The van der Waals surface area contributed by atoms with E-state index in [2.05, 4.69) is 4.98 Å². The fourth-order valence-electron chi connectivity index (χ4n) is 3.34. The quantitative estimate of drug-likeness (QED) is 0.855. The molecule has 1 amide bonds. The van der Waals surface area contributed by atoms with Crippen LogP contribution in [0.1, 0.15) is 37.5 Å². The molecule has 0 spiro atoms. The standard InChI is InChI=1S/C15H15ClN4O2/c16-10-5-7-11(8-6-10)18-9-13-17-14(21)19(20(13)15(18)22)12-3-1-2-4-12/h5-8,12H,1-4,9H2. The molecule has 1 aliphatic carbocycles. The van der Waals surface area contributed by atoms with Crippen molar-refractivity contribution in [3.05, 3.63) is 45.6 Å². The second-order valence-electron chi connectivity index (χ2n) is 5.75.